The summed E-state index contributed by atoms with van der Waals surface area (Å²) in [5.41, 5.74) is 3.39. The van der Waals surface area contributed by atoms with Gasteiger partial charge in [0, 0.05) is 36.3 Å². The van der Waals surface area contributed by atoms with E-state index in [-0.39, 0.29) is 5.91 Å². The number of aromatic nitrogens is 2. The highest BCUT2D eigenvalue weighted by atomic mass is 16.5. The molecule has 0 bridgehead atoms. The molecule has 0 radical (unpaired) electrons. The molecule has 1 amide bonds. The molecule has 0 saturated heterocycles. The zero-order chi connectivity index (χ0) is 16.8. The molecule has 3 aromatic rings. The molecule has 5 nitrogen and oxygen atoms in total. The van der Waals surface area contributed by atoms with Gasteiger partial charge in [-0.25, -0.2) is 0 Å². The van der Waals surface area contributed by atoms with E-state index in [1.807, 2.05) is 24.3 Å². The molecule has 24 heavy (non-hydrogen) atoms. The van der Waals surface area contributed by atoms with E-state index in [1.54, 1.807) is 50.0 Å². The third kappa shape index (κ3) is 3.76. The van der Waals surface area contributed by atoms with Gasteiger partial charge in [0.25, 0.3) is 5.91 Å². The zero-order valence-corrected chi connectivity index (χ0v) is 13.3. The Morgan fingerprint density at radius 1 is 1.08 bits per heavy atom. The lowest BCUT2D eigenvalue weighted by Crippen LogP contribution is -2.22. The van der Waals surface area contributed by atoms with Gasteiger partial charge in [0.05, 0.1) is 12.8 Å². The Morgan fingerprint density at radius 3 is 2.71 bits per heavy atom. The van der Waals surface area contributed by atoms with Crippen molar-refractivity contribution in [3.05, 3.63) is 78.2 Å². The first-order chi connectivity index (χ1) is 11.8. The van der Waals surface area contributed by atoms with Gasteiger partial charge in [0.2, 0.25) is 0 Å². The predicted molar refractivity (Wildman–Crippen MR) is 91.6 cm³/mol. The molecule has 0 aliphatic rings. The number of rotatable bonds is 5. The summed E-state index contributed by atoms with van der Waals surface area (Å²) in [6, 6.07) is 14.7. The second kappa shape index (κ2) is 7.37. The van der Waals surface area contributed by atoms with Crippen molar-refractivity contribution >= 4 is 5.91 Å². The van der Waals surface area contributed by atoms with E-state index in [0.717, 1.165) is 16.8 Å². The topological polar surface area (TPSA) is 64.1 Å². The standard InChI is InChI=1S/C19H17N3O2/c1-24-17-4-2-3-16(12-17)19(23)22-13-14-5-10-21-18(11-14)15-6-8-20-9-7-15/h2-12H,13H2,1H3,(H,22,23). The fourth-order valence-electron chi connectivity index (χ4n) is 2.31. The highest BCUT2D eigenvalue weighted by molar-refractivity contribution is 5.94. The fourth-order valence-corrected chi connectivity index (χ4v) is 2.31. The number of carbonyl (C=O) groups excluding carboxylic acids is 1. The van der Waals surface area contributed by atoms with Crippen LogP contribution in [0.4, 0.5) is 0 Å². The van der Waals surface area contributed by atoms with Crippen LogP contribution in [0, 0.1) is 0 Å². The van der Waals surface area contributed by atoms with Crippen LogP contribution >= 0.6 is 0 Å². The Kier molecular flexibility index (Phi) is 4.81. The van der Waals surface area contributed by atoms with E-state index in [1.165, 1.54) is 0 Å². The summed E-state index contributed by atoms with van der Waals surface area (Å²) in [5.74, 6) is 0.516. The Bertz CT molecular complexity index is 835. The maximum absolute atomic E-state index is 12.3. The van der Waals surface area contributed by atoms with Crippen LogP contribution in [0.1, 0.15) is 15.9 Å². The molecule has 0 fully saturated rings. The summed E-state index contributed by atoms with van der Waals surface area (Å²) in [6.07, 6.45) is 5.20. The van der Waals surface area contributed by atoms with Crippen molar-refractivity contribution in [2.45, 2.75) is 6.54 Å². The van der Waals surface area contributed by atoms with Gasteiger partial charge in [-0.05, 0) is 48.0 Å². The highest BCUT2D eigenvalue weighted by Gasteiger charge is 2.07. The van der Waals surface area contributed by atoms with Crippen molar-refractivity contribution < 1.29 is 9.53 Å². The molecule has 0 aliphatic carbocycles. The lowest BCUT2D eigenvalue weighted by Gasteiger charge is -2.08. The minimum Gasteiger partial charge on any atom is -0.497 e. The fraction of sp³-hybridized carbons (Fsp3) is 0.105. The number of nitrogens with one attached hydrogen (secondary N) is 1. The van der Waals surface area contributed by atoms with Crippen LogP contribution in [0.3, 0.4) is 0 Å². The minimum absolute atomic E-state index is 0.142. The second-order valence-electron chi connectivity index (χ2n) is 5.20. The molecule has 2 aromatic heterocycles. The second-order valence-corrected chi connectivity index (χ2v) is 5.20. The molecule has 1 N–H and O–H groups in total. The number of carbonyl (C=O) groups is 1. The largest absolute Gasteiger partial charge is 0.497 e. The summed E-state index contributed by atoms with van der Waals surface area (Å²) in [5, 5.41) is 2.91. The number of hydrogen-bond acceptors (Lipinski definition) is 4. The predicted octanol–water partition coefficient (Wildman–Crippen LogP) is 3.08. The van der Waals surface area contributed by atoms with E-state index in [0.29, 0.717) is 17.9 Å². The summed E-state index contributed by atoms with van der Waals surface area (Å²) in [6.45, 7) is 0.427. The Balaban J connectivity index is 1.69. The average Bonchev–Trinajstić information content (AvgIpc) is 2.67. The van der Waals surface area contributed by atoms with Crippen LogP contribution in [0.5, 0.6) is 5.75 Å². The van der Waals surface area contributed by atoms with Gasteiger partial charge in [-0.2, -0.15) is 0 Å². The summed E-state index contributed by atoms with van der Waals surface area (Å²) >= 11 is 0. The van der Waals surface area contributed by atoms with E-state index in [4.69, 9.17) is 4.74 Å². The van der Waals surface area contributed by atoms with E-state index < -0.39 is 0 Å². The Morgan fingerprint density at radius 2 is 1.92 bits per heavy atom. The van der Waals surface area contributed by atoms with Crippen LogP contribution < -0.4 is 10.1 Å². The number of ether oxygens (including phenoxy) is 1. The molecule has 0 unspecified atom stereocenters. The SMILES string of the molecule is COc1cccc(C(=O)NCc2ccnc(-c3ccncc3)c2)c1. The van der Waals surface area contributed by atoms with Crippen molar-refractivity contribution in [3.63, 3.8) is 0 Å². The van der Waals surface area contributed by atoms with Crippen molar-refractivity contribution in [1.82, 2.24) is 15.3 Å². The van der Waals surface area contributed by atoms with Gasteiger partial charge in [-0.3, -0.25) is 14.8 Å². The smallest absolute Gasteiger partial charge is 0.251 e. The quantitative estimate of drug-likeness (QED) is 0.785. The first kappa shape index (κ1) is 15.7. The first-order valence-electron chi connectivity index (χ1n) is 7.54. The molecule has 0 atom stereocenters. The summed E-state index contributed by atoms with van der Waals surface area (Å²) in [7, 11) is 1.58. The van der Waals surface area contributed by atoms with Gasteiger partial charge in [0.15, 0.2) is 0 Å². The van der Waals surface area contributed by atoms with E-state index >= 15 is 0 Å². The van der Waals surface area contributed by atoms with Crippen LogP contribution in [0.25, 0.3) is 11.3 Å². The molecule has 0 aliphatic heterocycles. The lowest BCUT2D eigenvalue weighted by molar-refractivity contribution is 0.0950. The number of nitrogens with zero attached hydrogens (tertiary/aromatic N) is 2. The maximum atomic E-state index is 12.3. The van der Waals surface area contributed by atoms with Crippen LogP contribution in [-0.4, -0.2) is 23.0 Å². The van der Waals surface area contributed by atoms with Gasteiger partial charge < -0.3 is 10.1 Å². The molecule has 120 valence electrons. The lowest BCUT2D eigenvalue weighted by atomic mass is 10.1. The highest BCUT2D eigenvalue weighted by Crippen LogP contribution is 2.17. The number of pyridine rings is 2. The van der Waals surface area contributed by atoms with Gasteiger partial charge in [-0.1, -0.05) is 6.07 Å². The normalized spacial score (nSPS) is 10.2. The molecular formula is C19H17N3O2. The minimum atomic E-state index is -0.142. The molecule has 1 aromatic carbocycles. The third-order valence-corrected chi connectivity index (χ3v) is 3.59. The zero-order valence-electron chi connectivity index (χ0n) is 13.3. The van der Waals surface area contributed by atoms with Gasteiger partial charge >= 0.3 is 0 Å². The monoisotopic (exact) mass is 319 g/mol. The van der Waals surface area contributed by atoms with E-state index in [2.05, 4.69) is 15.3 Å². The van der Waals surface area contributed by atoms with Gasteiger partial charge in [-0.15, -0.1) is 0 Å². The number of methoxy groups -OCH3 is 1. The maximum Gasteiger partial charge on any atom is 0.251 e. The number of hydrogen-bond donors (Lipinski definition) is 1. The third-order valence-electron chi connectivity index (χ3n) is 3.59. The number of amides is 1. The molecule has 3 rings (SSSR count). The Hall–Kier alpha value is -3.21. The van der Waals surface area contributed by atoms with Crippen LogP contribution in [0.2, 0.25) is 0 Å². The number of benzene rings is 1. The Labute approximate surface area is 140 Å². The van der Waals surface area contributed by atoms with Crippen LogP contribution in [0.15, 0.2) is 67.1 Å². The molecular weight excluding hydrogens is 302 g/mol. The van der Waals surface area contributed by atoms with Crippen molar-refractivity contribution in [1.29, 1.82) is 0 Å². The van der Waals surface area contributed by atoms with Gasteiger partial charge in [0.1, 0.15) is 5.75 Å². The molecule has 2 heterocycles. The van der Waals surface area contributed by atoms with E-state index in [9.17, 15) is 4.79 Å². The van der Waals surface area contributed by atoms with Crippen LogP contribution in [-0.2, 0) is 6.54 Å². The van der Waals surface area contributed by atoms with Crippen molar-refractivity contribution in [2.75, 3.05) is 7.11 Å². The summed E-state index contributed by atoms with van der Waals surface area (Å²) in [4.78, 5) is 20.6. The molecule has 0 saturated carbocycles. The summed E-state index contributed by atoms with van der Waals surface area (Å²) < 4.78 is 5.14. The molecule has 0 spiro atoms. The first-order valence-corrected chi connectivity index (χ1v) is 7.54. The van der Waals surface area contributed by atoms with Crippen molar-refractivity contribution in [3.8, 4) is 17.0 Å². The van der Waals surface area contributed by atoms with Crippen molar-refractivity contribution in [2.24, 2.45) is 0 Å². The molecule has 5 heteroatoms. The average molecular weight is 319 g/mol.